The minimum absolute atomic E-state index is 0.187. The Balaban J connectivity index is 1.76. The Kier molecular flexibility index (Phi) is 8.70. The van der Waals surface area contributed by atoms with Gasteiger partial charge in [0, 0.05) is 37.9 Å². The van der Waals surface area contributed by atoms with Crippen LogP contribution < -0.4 is 15.5 Å². The van der Waals surface area contributed by atoms with Crippen LogP contribution >= 0.6 is 11.3 Å². The van der Waals surface area contributed by atoms with Crippen molar-refractivity contribution in [2.24, 2.45) is 0 Å². The molecule has 0 aliphatic carbocycles. The number of likely N-dealkylation sites (N-methyl/N-ethyl adjacent to an activating group) is 1. The SMILES string of the molecule is CCN(C(=O)NC)c1cc(C(=O)NC[C@H](C)N(CC)CC)cc(-c2cnn3ccc(-c4cccs4)nc23)n1. The molecule has 0 aliphatic heterocycles. The molecule has 1 atom stereocenters. The number of thiophene rings is 1. The van der Waals surface area contributed by atoms with Gasteiger partial charge in [-0.15, -0.1) is 11.3 Å². The number of anilines is 1. The van der Waals surface area contributed by atoms with Crippen LogP contribution in [0.2, 0.25) is 0 Å². The van der Waals surface area contributed by atoms with Crippen molar-refractivity contribution in [2.45, 2.75) is 33.7 Å². The number of carbonyl (C=O) groups is 2. The Morgan fingerprint density at radius 2 is 1.87 bits per heavy atom. The van der Waals surface area contributed by atoms with Crippen molar-refractivity contribution in [2.75, 3.05) is 38.1 Å². The molecule has 0 radical (unpaired) electrons. The topological polar surface area (TPSA) is 108 Å². The number of urea groups is 1. The van der Waals surface area contributed by atoms with Crippen LogP contribution in [0.5, 0.6) is 0 Å². The Labute approximate surface area is 226 Å². The van der Waals surface area contributed by atoms with Crippen LogP contribution in [0.25, 0.3) is 27.5 Å². The maximum Gasteiger partial charge on any atom is 0.322 e. The van der Waals surface area contributed by atoms with E-state index < -0.39 is 0 Å². The molecule has 200 valence electrons. The highest BCUT2D eigenvalue weighted by molar-refractivity contribution is 7.13. The molecular weight excluding hydrogens is 500 g/mol. The second-order valence-electron chi connectivity index (χ2n) is 8.80. The number of nitrogens with one attached hydrogen (secondary N) is 2. The molecule has 3 amide bonds. The summed E-state index contributed by atoms with van der Waals surface area (Å²) < 4.78 is 1.68. The Morgan fingerprint density at radius 1 is 1.08 bits per heavy atom. The van der Waals surface area contributed by atoms with Gasteiger partial charge in [-0.05, 0) is 56.6 Å². The maximum atomic E-state index is 13.3. The van der Waals surface area contributed by atoms with E-state index >= 15 is 0 Å². The molecular formula is C27H34N8O2S. The van der Waals surface area contributed by atoms with Gasteiger partial charge in [-0.3, -0.25) is 14.6 Å². The Morgan fingerprint density at radius 3 is 2.53 bits per heavy atom. The van der Waals surface area contributed by atoms with E-state index in [1.807, 2.05) is 36.7 Å². The average Bonchev–Trinajstić information content (AvgIpc) is 3.62. The lowest BCUT2D eigenvalue weighted by Crippen LogP contribution is -2.42. The third-order valence-electron chi connectivity index (χ3n) is 6.54. The van der Waals surface area contributed by atoms with Gasteiger partial charge in [0.25, 0.3) is 5.91 Å². The number of fused-ring (bicyclic) bond motifs is 1. The second kappa shape index (κ2) is 12.1. The van der Waals surface area contributed by atoms with E-state index in [9.17, 15) is 9.59 Å². The van der Waals surface area contributed by atoms with Crippen LogP contribution in [0, 0.1) is 0 Å². The molecule has 4 heterocycles. The third-order valence-corrected chi connectivity index (χ3v) is 7.43. The maximum absolute atomic E-state index is 13.3. The predicted octanol–water partition coefficient (Wildman–Crippen LogP) is 4.15. The molecule has 10 nitrogen and oxygen atoms in total. The number of amides is 3. The van der Waals surface area contributed by atoms with Crippen molar-refractivity contribution < 1.29 is 9.59 Å². The lowest BCUT2D eigenvalue weighted by molar-refractivity contribution is 0.0938. The van der Waals surface area contributed by atoms with Crippen LogP contribution in [0.3, 0.4) is 0 Å². The number of rotatable bonds is 10. The second-order valence-corrected chi connectivity index (χ2v) is 9.74. The van der Waals surface area contributed by atoms with Gasteiger partial charge < -0.3 is 10.6 Å². The molecule has 4 aromatic heterocycles. The van der Waals surface area contributed by atoms with Crippen molar-refractivity contribution in [3.05, 3.63) is 53.7 Å². The zero-order chi connectivity index (χ0) is 27.2. The zero-order valence-electron chi connectivity index (χ0n) is 22.4. The van der Waals surface area contributed by atoms with Gasteiger partial charge in [0.05, 0.1) is 28.0 Å². The molecule has 38 heavy (non-hydrogen) atoms. The van der Waals surface area contributed by atoms with E-state index in [2.05, 4.69) is 41.4 Å². The van der Waals surface area contributed by atoms with Crippen molar-refractivity contribution in [1.82, 2.24) is 35.1 Å². The normalized spacial score (nSPS) is 12.1. The molecule has 0 unspecified atom stereocenters. The van der Waals surface area contributed by atoms with E-state index in [0.29, 0.717) is 41.4 Å². The zero-order valence-corrected chi connectivity index (χ0v) is 23.2. The highest BCUT2D eigenvalue weighted by Gasteiger charge is 2.21. The number of carbonyl (C=O) groups excluding carboxylic acids is 2. The monoisotopic (exact) mass is 534 g/mol. The van der Waals surface area contributed by atoms with Crippen LogP contribution in [-0.4, -0.2) is 75.7 Å². The summed E-state index contributed by atoms with van der Waals surface area (Å²) in [7, 11) is 1.57. The molecule has 4 aromatic rings. The van der Waals surface area contributed by atoms with E-state index in [0.717, 1.165) is 23.7 Å². The quantitative estimate of drug-likeness (QED) is 0.317. The molecule has 11 heteroatoms. The van der Waals surface area contributed by atoms with Crippen molar-refractivity contribution in [3.8, 4) is 21.8 Å². The fourth-order valence-corrected chi connectivity index (χ4v) is 5.09. The lowest BCUT2D eigenvalue weighted by atomic mass is 10.1. The number of hydrogen-bond acceptors (Lipinski definition) is 7. The molecule has 2 N–H and O–H groups in total. The summed E-state index contributed by atoms with van der Waals surface area (Å²) in [6, 6.07) is 9.18. The first-order valence-electron chi connectivity index (χ1n) is 12.8. The summed E-state index contributed by atoms with van der Waals surface area (Å²) in [4.78, 5) is 40.4. The van der Waals surface area contributed by atoms with Crippen LogP contribution in [0.1, 0.15) is 38.1 Å². The van der Waals surface area contributed by atoms with Gasteiger partial charge in [0.1, 0.15) is 5.82 Å². The van der Waals surface area contributed by atoms with Gasteiger partial charge in [-0.25, -0.2) is 19.3 Å². The number of pyridine rings is 1. The van der Waals surface area contributed by atoms with E-state index in [1.165, 1.54) is 4.90 Å². The van der Waals surface area contributed by atoms with Crippen molar-refractivity contribution in [3.63, 3.8) is 0 Å². The first-order chi connectivity index (χ1) is 18.4. The van der Waals surface area contributed by atoms with Crippen molar-refractivity contribution >= 4 is 34.7 Å². The fraction of sp³-hybridized carbons (Fsp3) is 0.370. The minimum Gasteiger partial charge on any atom is -0.350 e. The number of hydrogen-bond donors (Lipinski definition) is 2. The molecule has 0 saturated carbocycles. The average molecular weight is 535 g/mol. The molecule has 0 aliphatic rings. The molecule has 0 bridgehead atoms. The fourth-order valence-electron chi connectivity index (χ4n) is 4.40. The Hall–Kier alpha value is -3.83. The molecule has 0 fully saturated rings. The summed E-state index contributed by atoms with van der Waals surface area (Å²) >= 11 is 1.61. The van der Waals surface area contributed by atoms with Gasteiger partial charge in [-0.2, -0.15) is 5.10 Å². The third kappa shape index (κ3) is 5.68. The van der Waals surface area contributed by atoms with Gasteiger partial charge >= 0.3 is 6.03 Å². The summed E-state index contributed by atoms with van der Waals surface area (Å²) in [5.41, 5.74) is 3.04. The van der Waals surface area contributed by atoms with E-state index in [-0.39, 0.29) is 18.0 Å². The van der Waals surface area contributed by atoms with E-state index in [4.69, 9.17) is 9.97 Å². The number of aromatic nitrogens is 4. The highest BCUT2D eigenvalue weighted by Crippen LogP contribution is 2.29. The smallest absolute Gasteiger partial charge is 0.322 e. The van der Waals surface area contributed by atoms with Gasteiger partial charge in [0.15, 0.2) is 5.65 Å². The molecule has 0 saturated heterocycles. The van der Waals surface area contributed by atoms with Crippen LogP contribution in [0.15, 0.2) is 48.1 Å². The standard InChI is InChI=1S/C27H34N8O2S/c1-6-33(7-2)18(4)16-29-26(36)19-14-22(31-24(15-19)34(8-3)27(37)28-5)20-17-30-35-12-11-21(32-25(20)35)23-10-9-13-38-23/h9-15,17-18H,6-8,16H2,1-5H3,(H,28,37)(H,29,36)/t18-/m0/s1. The van der Waals surface area contributed by atoms with Crippen molar-refractivity contribution in [1.29, 1.82) is 0 Å². The summed E-state index contributed by atoms with van der Waals surface area (Å²) in [5.74, 6) is 0.144. The first kappa shape index (κ1) is 27.2. The summed E-state index contributed by atoms with van der Waals surface area (Å²) in [6.07, 6.45) is 3.54. The van der Waals surface area contributed by atoms with Gasteiger partial charge in [-0.1, -0.05) is 19.9 Å². The summed E-state index contributed by atoms with van der Waals surface area (Å²) in [6.45, 7) is 10.9. The number of nitrogens with zero attached hydrogens (tertiary/aromatic N) is 6. The van der Waals surface area contributed by atoms with Crippen LogP contribution in [-0.2, 0) is 0 Å². The van der Waals surface area contributed by atoms with E-state index in [1.54, 1.807) is 41.2 Å². The summed E-state index contributed by atoms with van der Waals surface area (Å²) in [5, 5.41) is 12.2. The molecule has 0 spiro atoms. The Bertz CT molecular complexity index is 1400. The predicted molar refractivity (Wildman–Crippen MR) is 152 cm³/mol. The highest BCUT2D eigenvalue weighted by atomic mass is 32.1. The van der Waals surface area contributed by atoms with Crippen LogP contribution in [0.4, 0.5) is 10.6 Å². The minimum atomic E-state index is -0.309. The first-order valence-corrected chi connectivity index (χ1v) is 13.7. The largest absolute Gasteiger partial charge is 0.350 e. The molecule has 0 aromatic carbocycles. The molecule has 4 rings (SSSR count). The van der Waals surface area contributed by atoms with Gasteiger partial charge in [0.2, 0.25) is 0 Å². The lowest BCUT2D eigenvalue weighted by Gasteiger charge is -2.26.